The van der Waals surface area contributed by atoms with Gasteiger partial charge in [-0.1, -0.05) is 64.1 Å². The minimum atomic E-state index is -0.162. The van der Waals surface area contributed by atoms with E-state index in [1.807, 2.05) is 18.2 Å². The van der Waals surface area contributed by atoms with E-state index < -0.39 is 0 Å². The van der Waals surface area contributed by atoms with Crippen molar-refractivity contribution in [1.82, 2.24) is 4.90 Å². The summed E-state index contributed by atoms with van der Waals surface area (Å²) in [5, 5.41) is 3.20. The van der Waals surface area contributed by atoms with Gasteiger partial charge in [0.15, 0.2) is 11.5 Å². The van der Waals surface area contributed by atoms with Gasteiger partial charge in [-0.15, -0.1) is 0 Å². The largest absolute Gasteiger partial charge is 0.454 e. The van der Waals surface area contributed by atoms with Gasteiger partial charge in [-0.3, -0.25) is 9.69 Å². The van der Waals surface area contributed by atoms with Crippen molar-refractivity contribution in [3.05, 3.63) is 88.8 Å². The van der Waals surface area contributed by atoms with Crippen LogP contribution < -0.4 is 14.8 Å². The number of nitrogens with one attached hydrogen (secondary N) is 1. The van der Waals surface area contributed by atoms with Gasteiger partial charge in [0, 0.05) is 24.7 Å². The molecule has 0 bridgehead atoms. The van der Waals surface area contributed by atoms with Crippen LogP contribution >= 0.6 is 0 Å². The summed E-state index contributed by atoms with van der Waals surface area (Å²) < 4.78 is 26.6. The first-order chi connectivity index (χ1) is 19.4. The molecule has 2 heterocycles. The third-order valence-corrected chi connectivity index (χ3v) is 7.98. The molecule has 1 fully saturated rings. The summed E-state index contributed by atoms with van der Waals surface area (Å²) in [6, 6.07) is 10.2. The van der Waals surface area contributed by atoms with Gasteiger partial charge in [0.05, 0.1) is 6.54 Å². The maximum Gasteiger partial charge on any atom is 0.238 e. The smallest absolute Gasteiger partial charge is 0.238 e. The van der Waals surface area contributed by atoms with Gasteiger partial charge in [-0.05, 0) is 84.6 Å². The van der Waals surface area contributed by atoms with Crippen LogP contribution in [0.1, 0.15) is 74.6 Å². The minimum absolute atomic E-state index is 0.0636. The molecule has 0 unspecified atom stereocenters. The lowest BCUT2D eigenvalue weighted by Crippen LogP contribution is -2.37. The summed E-state index contributed by atoms with van der Waals surface area (Å²) in [6.45, 7) is 13.2. The van der Waals surface area contributed by atoms with Crippen molar-refractivity contribution < 1.29 is 18.7 Å². The first-order valence-electron chi connectivity index (χ1n) is 14.6. The molecule has 2 atom stereocenters. The number of allylic oxidation sites excluding steroid dienone is 4. The summed E-state index contributed by atoms with van der Waals surface area (Å²) in [5.74, 6) is 1.45. The number of para-hydroxylation sites is 1. The fourth-order valence-corrected chi connectivity index (χ4v) is 6.01. The first-order valence-corrected chi connectivity index (χ1v) is 14.6. The van der Waals surface area contributed by atoms with Gasteiger partial charge in [-0.2, -0.15) is 0 Å². The zero-order valence-corrected chi connectivity index (χ0v) is 24.4. The molecule has 0 saturated carbocycles. The Morgan fingerprint density at radius 1 is 1.15 bits per heavy atom. The number of likely N-dealkylation sites (tertiary alicyclic amines) is 1. The van der Waals surface area contributed by atoms with E-state index in [0.717, 1.165) is 71.6 Å². The molecule has 2 aromatic carbocycles. The number of halogens is 1. The van der Waals surface area contributed by atoms with Crippen LogP contribution in [0.5, 0.6) is 11.5 Å². The fraction of sp³-hybridized carbons (Fsp3) is 0.441. The fourth-order valence-electron chi connectivity index (χ4n) is 6.01. The second-order valence-corrected chi connectivity index (χ2v) is 10.8. The van der Waals surface area contributed by atoms with E-state index in [1.54, 1.807) is 12.2 Å². The number of benzene rings is 2. The van der Waals surface area contributed by atoms with Crippen LogP contribution in [0.25, 0.3) is 0 Å². The van der Waals surface area contributed by atoms with Crippen molar-refractivity contribution in [1.29, 1.82) is 0 Å². The van der Waals surface area contributed by atoms with Crippen molar-refractivity contribution in [3.63, 3.8) is 0 Å². The number of carbonyl (C=O) groups excluding carboxylic acids is 1. The zero-order valence-electron chi connectivity index (χ0n) is 24.4. The number of nitrogens with zero attached hydrogens (tertiary/aromatic N) is 1. The van der Waals surface area contributed by atoms with Crippen molar-refractivity contribution in [3.8, 4) is 11.5 Å². The van der Waals surface area contributed by atoms with Crippen LogP contribution in [0.15, 0.2) is 66.5 Å². The summed E-state index contributed by atoms with van der Waals surface area (Å²) in [7, 11) is 0. The average Bonchev–Trinajstić information content (AvgIpc) is 3.54. The van der Waals surface area contributed by atoms with E-state index >= 15 is 4.39 Å². The Labute approximate surface area is 238 Å². The van der Waals surface area contributed by atoms with Crippen molar-refractivity contribution in [2.45, 2.75) is 78.2 Å². The molecule has 2 aliphatic heterocycles. The molecule has 40 heavy (non-hydrogen) atoms. The van der Waals surface area contributed by atoms with E-state index in [0.29, 0.717) is 6.54 Å². The number of amides is 1. The Hall–Kier alpha value is -3.38. The maximum absolute atomic E-state index is 15.4. The molecule has 6 heteroatoms. The predicted molar refractivity (Wildman–Crippen MR) is 161 cm³/mol. The lowest BCUT2D eigenvalue weighted by molar-refractivity contribution is -0.117. The summed E-state index contributed by atoms with van der Waals surface area (Å²) in [4.78, 5) is 15.6. The minimum Gasteiger partial charge on any atom is -0.454 e. The number of rotatable bonds is 12. The van der Waals surface area contributed by atoms with Crippen LogP contribution in [0.3, 0.4) is 0 Å². The highest BCUT2D eigenvalue weighted by Gasteiger charge is 2.36. The number of fused-ring (bicyclic) bond motifs is 1. The Bertz CT molecular complexity index is 1260. The highest BCUT2D eigenvalue weighted by molar-refractivity contribution is 5.94. The van der Waals surface area contributed by atoms with E-state index in [-0.39, 0.29) is 43.5 Å². The molecule has 5 nitrogen and oxygen atoms in total. The van der Waals surface area contributed by atoms with Crippen LogP contribution in [0, 0.1) is 6.92 Å². The quantitative estimate of drug-likeness (QED) is 0.276. The zero-order chi connectivity index (χ0) is 28.6. The lowest BCUT2D eigenvalue weighted by atomic mass is 9.91. The Balaban J connectivity index is 1.57. The normalized spacial score (nSPS) is 19.2. The third kappa shape index (κ3) is 7.03. The van der Waals surface area contributed by atoms with Crippen LogP contribution in [0.4, 0.5) is 10.1 Å². The van der Waals surface area contributed by atoms with Gasteiger partial charge >= 0.3 is 0 Å². The predicted octanol–water partition coefficient (Wildman–Crippen LogP) is 7.80. The van der Waals surface area contributed by atoms with Crippen LogP contribution in [-0.2, 0) is 17.6 Å². The van der Waals surface area contributed by atoms with E-state index in [9.17, 15) is 4.79 Å². The molecule has 0 spiro atoms. The molecule has 1 amide bonds. The molecular formula is C34H43FN2O3. The molecule has 2 aliphatic rings. The number of hydrogen-bond donors (Lipinski definition) is 1. The Kier molecular flexibility index (Phi) is 10.2. The highest BCUT2D eigenvalue weighted by Crippen LogP contribution is 2.42. The second-order valence-electron chi connectivity index (χ2n) is 10.8. The number of carbonyl (C=O) groups is 1. The number of aryl methyl sites for hydroxylation is 3. The lowest BCUT2D eigenvalue weighted by Gasteiger charge is -2.24. The summed E-state index contributed by atoms with van der Waals surface area (Å²) in [5.41, 5.74) is 6.41. The van der Waals surface area contributed by atoms with Crippen LogP contribution in [-0.4, -0.2) is 36.7 Å². The topological polar surface area (TPSA) is 50.8 Å². The van der Waals surface area contributed by atoms with Gasteiger partial charge < -0.3 is 14.8 Å². The molecule has 1 N–H and O–H groups in total. The Morgan fingerprint density at radius 3 is 2.50 bits per heavy atom. The van der Waals surface area contributed by atoms with E-state index in [2.05, 4.69) is 62.7 Å². The van der Waals surface area contributed by atoms with E-state index in [4.69, 9.17) is 9.47 Å². The molecule has 2 aromatic rings. The molecule has 214 valence electrons. The van der Waals surface area contributed by atoms with Gasteiger partial charge in [0.2, 0.25) is 12.7 Å². The molecule has 0 radical (unpaired) electrons. The third-order valence-electron chi connectivity index (χ3n) is 7.98. The molecule has 0 aromatic heterocycles. The van der Waals surface area contributed by atoms with E-state index in [1.165, 1.54) is 5.56 Å². The van der Waals surface area contributed by atoms with Crippen molar-refractivity contribution >= 4 is 11.6 Å². The Morgan fingerprint density at radius 2 is 1.85 bits per heavy atom. The monoisotopic (exact) mass is 546 g/mol. The molecule has 1 saturated heterocycles. The summed E-state index contributed by atoms with van der Waals surface area (Å²) >= 11 is 0. The summed E-state index contributed by atoms with van der Waals surface area (Å²) in [6.07, 6.45) is 9.66. The second kappa shape index (κ2) is 13.8. The standard InChI is InChI=1S/C34H43FN2O3/c1-6-11-24(12-7-2)16-28(35)18-29-17-27(30-19-32-31(15-23(30)5)39-22-40-32)20-37(29)21-33(38)36-34-25(8-3)13-10-14-26(34)9-4/h6,10-11,13-16,19,27,29H,1,7-9,12,17-18,20-22H2,2-5H3,(H,36,38)/b24-11-,28-16+/t27-,29-/m1/s1. The van der Waals surface area contributed by atoms with Crippen LogP contribution in [0.2, 0.25) is 0 Å². The maximum atomic E-state index is 15.4. The number of hydrogen-bond acceptors (Lipinski definition) is 4. The van der Waals surface area contributed by atoms with Gasteiger partial charge in [0.1, 0.15) is 5.83 Å². The average molecular weight is 547 g/mol. The van der Waals surface area contributed by atoms with Gasteiger partial charge in [-0.25, -0.2) is 4.39 Å². The molecule has 4 rings (SSSR count). The molecule has 0 aliphatic carbocycles. The number of anilines is 1. The van der Waals surface area contributed by atoms with Crippen molar-refractivity contribution in [2.24, 2.45) is 0 Å². The number of ether oxygens (including phenoxy) is 2. The highest BCUT2D eigenvalue weighted by atomic mass is 19.1. The SMILES string of the molecule is C=C/C=C(\C=C(\F)C[C@H]1C[C@@H](c2cc3c(cc2C)OCO3)CN1CC(=O)Nc1c(CC)cccc1CC)CCC. The van der Waals surface area contributed by atoms with Crippen molar-refractivity contribution in [2.75, 3.05) is 25.2 Å². The first kappa shape index (κ1) is 29.6. The van der Waals surface area contributed by atoms with Gasteiger partial charge in [0.25, 0.3) is 0 Å². The molecular weight excluding hydrogens is 503 g/mol.